The summed E-state index contributed by atoms with van der Waals surface area (Å²) in [5.74, 6) is 0.160. The van der Waals surface area contributed by atoms with Gasteiger partial charge in [-0.3, -0.25) is 0 Å². The highest BCUT2D eigenvalue weighted by atomic mass is 32.2. The highest BCUT2D eigenvalue weighted by Gasteiger charge is 2.25. The van der Waals surface area contributed by atoms with Crippen molar-refractivity contribution in [3.8, 4) is 0 Å². The Morgan fingerprint density at radius 3 is 2.26 bits per heavy atom. The summed E-state index contributed by atoms with van der Waals surface area (Å²) in [6, 6.07) is -0.0263. The summed E-state index contributed by atoms with van der Waals surface area (Å²) in [6.45, 7) is 9.13. The average Bonchev–Trinajstić information content (AvgIpc) is 2.25. The van der Waals surface area contributed by atoms with Crippen molar-refractivity contribution in [2.24, 2.45) is 5.41 Å². The minimum atomic E-state index is -2.93. The first-order valence-corrected chi connectivity index (χ1v) is 8.67. The molecule has 1 aliphatic rings. The Balaban J connectivity index is 2.35. The van der Waals surface area contributed by atoms with Gasteiger partial charge < -0.3 is 10.2 Å². The number of urea groups is 1. The van der Waals surface area contributed by atoms with Gasteiger partial charge in [-0.15, -0.1) is 0 Å². The van der Waals surface area contributed by atoms with Crippen LogP contribution in [0.15, 0.2) is 0 Å². The van der Waals surface area contributed by atoms with Crippen LogP contribution in [0.1, 0.15) is 40.5 Å². The molecule has 2 amide bonds. The second-order valence-corrected chi connectivity index (χ2v) is 8.89. The van der Waals surface area contributed by atoms with Gasteiger partial charge in [0.05, 0.1) is 11.5 Å². The fourth-order valence-electron chi connectivity index (χ4n) is 1.94. The van der Waals surface area contributed by atoms with Crippen LogP contribution in [0.4, 0.5) is 4.79 Å². The van der Waals surface area contributed by atoms with Gasteiger partial charge in [0, 0.05) is 19.1 Å². The van der Waals surface area contributed by atoms with E-state index in [2.05, 4.69) is 26.1 Å². The molecule has 0 aromatic carbocycles. The summed E-state index contributed by atoms with van der Waals surface area (Å²) in [5.41, 5.74) is 0.262. The van der Waals surface area contributed by atoms with Crippen LogP contribution < -0.4 is 5.32 Å². The highest BCUT2D eigenvalue weighted by Crippen LogP contribution is 2.21. The van der Waals surface area contributed by atoms with Gasteiger partial charge in [0.15, 0.2) is 9.84 Å². The zero-order valence-corrected chi connectivity index (χ0v) is 13.2. The molecule has 1 N–H and O–H groups in total. The number of amides is 2. The molecule has 0 bridgehead atoms. The molecule has 0 unspecified atom stereocenters. The van der Waals surface area contributed by atoms with Crippen molar-refractivity contribution in [1.82, 2.24) is 10.2 Å². The quantitative estimate of drug-likeness (QED) is 0.859. The minimum Gasteiger partial charge on any atom is -0.336 e. The summed E-state index contributed by atoms with van der Waals surface area (Å²) in [5, 5.41) is 2.94. The van der Waals surface area contributed by atoms with Crippen molar-refractivity contribution in [1.29, 1.82) is 0 Å². The van der Waals surface area contributed by atoms with E-state index in [0.717, 1.165) is 12.8 Å². The lowest BCUT2D eigenvalue weighted by Gasteiger charge is -2.29. The Labute approximate surface area is 116 Å². The maximum atomic E-state index is 12.0. The van der Waals surface area contributed by atoms with Crippen LogP contribution in [-0.4, -0.2) is 50.0 Å². The van der Waals surface area contributed by atoms with Crippen LogP contribution in [0.2, 0.25) is 0 Å². The van der Waals surface area contributed by atoms with Crippen molar-refractivity contribution in [3.63, 3.8) is 0 Å². The zero-order valence-electron chi connectivity index (χ0n) is 12.4. The molecule has 6 heteroatoms. The Morgan fingerprint density at radius 1 is 1.26 bits per heavy atom. The van der Waals surface area contributed by atoms with Crippen molar-refractivity contribution >= 4 is 15.9 Å². The van der Waals surface area contributed by atoms with Crippen molar-refractivity contribution in [3.05, 3.63) is 0 Å². The maximum Gasteiger partial charge on any atom is 0.317 e. The van der Waals surface area contributed by atoms with Crippen LogP contribution in [-0.2, 0) is 9.84 Å². The number of hydrogen-bond donors (Lipinski definition) is 1. The van der Waals surface area contributed by atoms with E-state index in [0.29, 0.717) is 13.1 Å². The van der Waals surface area contributed by atoms with E-state index in [1.807, 2.05) is 6.92 Å². The van der Waals surface area contributed by atoms with Gasteiger partial charge in [-0.2, -0.15) is 0 Å². The predicted octanol–water partition coefficient (Wildman–Crippen LogP) is 1.64. The summed E-state index contributed by atoms with van der Waals surface area (Å²) >= 11 is 0. The van der Waals surface area contributed by atoms with Crippen molar-refractivity contribution in [2.45, 2.75) is 46.6 Å². The molecule has 0 radical (unpaired) electrons. The largest absolute Gasteiger partial charge is 0.336 e. The molecule has 1 saturated heterocycles. The van der Waals surface area contributed by atoms with Crippen LogP contribution in [0.5, 0.6) is 0 Å². The number of carbonyl (C=O) groups excluding carboxylic acids is 1. The topological polar surface area (TPSA) is 66.5 Å². The molecule has 0 aliphatic carbocycles. The molecule has 5 nitrogen and oxygen atoms in total. The van der Waals surface area contributed by atoms with E-state index in [1.165, 1.54) is 0 Å². The Hall–Kier alpha value is -0.780. The number of sulfone groups is 1. The maximum absolute atomic E-state index is 12.0. The third-order valence-electron chi connectivity index (χ3n) is 3.33. The lowest BCUT2D eigenvalue weighted by Crippen LogP contribution is -2.50. The molecule has 0 aromatic rings. The molecular weight excluding hydrogens is 264 g/mol. The summed E-state index contributed by atoms with van der Waals surface area (Å²) in [4.78, 5) is 13.6. The molecule has 1 aliphatic heterocycles. The van der Waals surface area contributed by atoms with Gasteiger partial charge in [0.25, 0.3) is 0 Å². The van der Waals surface area contributed by atoms with Crippen molar-refractivity contribution < 1.29 is 13.2 Å². The second-order valence-electron chi connectivity index (χ2n) is 6.59. The molecular formula is C13H26N2O3S. The molecule has 1 rings (SSSR count). The number of nitrogens with zero attached hydrogens (tertiary/aromatic N) is 1. The molecule has 19 heavy (non-hydrogen) atoms. The molecule has 1 heterocycles. The van der Waals surface area contributed by atoms with E-state index in [1.54, 1.807) is 4.90 Å². The number of rotatable bonds is 3. The van der Waals surface area contributed by atoms with Crippen LogP contribution >= 0.6 is 0 Å². The first-order chi connectivity index (χ1) is 8.59. The summed E-state index contributed by atoms with van der Waals surface area (Å²) < 4.78 is 22.6. The van der Waals surface area contributed by atoms with Gasteiger partial charge >= 0.3 is 6.03 Å². The fraction of sp³-hybridized carbons (Fsp3) is 0.923. The number of carbonyl (C=O) groups is 1. The van der Waals surface area contributed by atoms with E-state index in [9.17, 15) is 13.2 Å². The van der Waals surface area contributed by atoms with E-state index in [-0.39, 0.29) is 29.0 Å². The SMILES string of the molecule is C[C@H](CCC(C)(C)C)NC(=O)N1CCS(=O)(=O)CC1. The predicted molar refractivity (Wildman–Crippen MR) is 76.9 cm³/mol. The van der Waals surface area contributed by atoms with Crippen LogP contribution in [0, 0.1) is 5.41 Å². The Kier molecular flexibility index (Phi) is 5.24. The normalized spacial score (nSPS) is 20.9. The lowest BCUT2D eigenvalue weighted by atomic mass is 9.89. The fourth-order valence-corrected chi connectivity index (χ4v) is 3.14. The third-order valence-corrected chi connectivity index (χ3v) is 4.94. The minimum absolute atomic E-state index is 0.0802. The smallest absolute Gasteiger partial charge is 0.317 e. The summed E-state index contributed by atoms with van der Waals surface area (Å²) in [7, 11) is -2.93. The standard InChI is InChI=1S/C13H26N2O3S/c1-11(5-6-13(2,3)4)14-12(16)15-7-9-19(17,18)10-8-15/h11H,5-10H2,1-4H3,(H,14,16)/t11-/m1/s1. The van der Waals surface area contributed by atoms with Crippen LogP contribution in [0.3, 0.4) is 0 Å². The first kappa shape index (κ1) is 16.3. The molecule has 0 spiro atoms. The molecule has 0 saturated carbocycles. The van der Waals surface area contributed by atoms with E-state index in [4.69, 9.17) is 0 Å². The summed E-state index contributed by atoms with van der Waals surface area (Å²) in [6.07, 6.45) is 1.98. The average molecular weight is 290 g/mol. The van der Waals surface area contributed by atoms with Crippen LogP contribution in [0.25, 0.3) is 0 Å². The van der Waals surface area contributed by atoms with Gasteiger partial charge in [0.2, 0.25) is 0 Å². The number of nitrogens with one attached hydrogen (secondary N) is 1. The van der Waals surface area contributed by atoms with Gasteiger partial charge in [-0.25, -0.2) is 13.2 Å². The zero-order chi connectivity index (χ0) is 14.7. The molecule has 112 valence electrons. The molecule has 1 fully saturated rings. The van der Waals surface area contributed by atoms with Gasteiger partial charge in [0.1, 0.15) is 0 Å². The molecule has 1 atom stereocenters. The Bertz CT molecular complexity index is 398. The molecule has 0 aromatic heterocycles. The number of hydrogen-bond acceptors (Lipinski definition) is 3. The first-order valence-electron chi connectivity index (χ1n) is 6.85. The van der Waals surface area contributed by atoms with Gasteiger partial charge in [-0.05, 0) is 25.2 Å². The van der Waals surface area contributed by atoms with E-state index < -0.39 is 9.84 Å². The third kappa shape index (κ3) is 6.27. The van der Waals surface area contributed by atoms with Crippen molar-refractivity contribution in [2.75, 3.05) is 24.6 Å². The Morgan fingerprint density at radius 2 is 1.79 bits per heavy atom. The second kappa shape index (κ2) is 6.11. The highest BCUT2D eigenvalue weighted by molar-refractivity contribution is 7.91. The van der Waals surface area contributed by atoms with Gasteiger partial charge in [-0.1, -0.05) is 20.8 Å². The van der Waals surface area contributed by atoms with E-state index >= 15 is 0 Å². The monoisotopic (exact) mass is 290 g/mol. The lowest BCUT2D eigenvalue weighted by molar-refractivity contribution is 0.196.